The molecule has 0 radical (unpaired) electrons. The van der Waals surface area contributed by atoms with Crippen molar-refractivity contribution in [1.82, 2.24) is 14.8 Å². The van der Waals surface area contributed by atoms with E-state index in [4.69, 9.17) is 5.26 Å². The van der Waals surface area contributed by atoms with Crippen molar-refractivity contribution in [2.45, 2.75) is 13.5 Å². The Kier molecular flexibility index (Phi) is 4.34. The van der Waals surface area contributed by atoms with Crippen LogP contribution in [0.15, 0.2) is 55.0 Å². The predicted octanol–water partition coefficient (Wildman–Crippen LogP) is 2.95. The molecule has 0 aliphatic carbocycles. The smallest absolute Gasteiger partial charge is 0.161 e. The number of nitriles is 1. The van der Waals surface area contributed by atoms with Crippen LogP contribution in [-0.2, 0) is 6.54 Å². The third-order valence-electron chi connectivity index (χ3n) is 3.56. The maximum atomic E-state index is 11.7. The lowest BCUT2D eigenvalue weighted by Gasteiger charge is -2.11. The van der Waals surface area contributed by atoms with Crippen LogP contribution < -0.4 is 5.32 Å². The highest BCUT2D eigenvalue weighted by molar-refractivity contribution is 5.99. The van der Waals surface area contributed by atoms with Gasteiger partial charge in [0.05, 0.1) is 11.6 Å². The summed E-state index contributed by atoms with van der Waals surface area (Å²) in [5.74, 6) is 0.672. The van der Waals surface area contributed by atoms with E-state index in [0.29, 0.717) is 23.4 Å². The summed E-state index contributed by atoms with van der Waals surface area (Å²) >= 11 is 0. The van der Waals surface area contributed by atoms with Gasteiger partial charge in [0.15, 0.2) is 11.6 Å². The molecule has 2 heterocycles. The van der Waals surface area contributed by atoms with Crippen LogP contribution in [0.3, 0.4) is 0 Å². The van der Waals surface area contributed by atoms with Crippen LogP contribution in [0.25, 0.3) is 5.82 Å². The SMILES string of the molecule is CC(=O)c1ccc(C#N)cc1NCc1ccnc(-n2cccn2)c1. The number of hydrogen-bond donors (Lipinski definition) is 1. The summed E-state index contributed by atoms with van der Waals surface area (Å²) in [6.07, 6.45) is 5.23. The second-order valence-electron chi connectivity index (χ2n) is 5.25. The molecule has 3 rings (SSSR count). The van der Waals surface area contributed by atoms with E-state index in [1.807, 2.05) is 24.4 Å². The van der Waals surface area contributed by atoms with Crippen molar-refractivity contribution in [2.24, 2.45) is 0 Å². The second kappa shape index (κ2) is 6.75. The Morgan fingerprint density at radius 3 is 2.88 bits per heavy atom. The summed E-state index contributed by atoms with van der Waals surface area (Å²) in [6, 6.07) is 12.7. The van der Waals surface area contributed by atoms with Gasteiger partial charge < -0.3 is 5.32 Å². The highest BCUT2D eigenvalue weighted by atomic mass is 16.1. The average Bonchev–Trinajstić information content (AvgIpc) is 3.14. The fourth-order valence-corrected chi connectivity index (χ4v) is 2.36. The van der Waals surface area contributed by atoms with Crippen molar-refractivity contribution in [3.8, 4) is 11.9 Å². The Morgan fingerprint density at radius 2 is 2.17 bits per heavy atom. The summed E-state index contributed by atoms with van der Waals surface area (Å²) in [5, 5.41) is 16.4. The van der Waals surface area contributed by atoms with Gasteiger partial charge in [0.2, 0.25) is 0 Å². The molecule has 6 heteroatoms. The number of ketones is 1. The Balaban J connectivity index is 1.82. The van der Waals surface area contributed by atoms with E-state index in [-0.39, 0.29) is 5.78 Å². The summed E-state index contributed by atoms with van der Waals surface area (Å²) in [6.45, 7) is 2.01. The first-order valence-corrected chi connectivity index (χ1v) is 7.41. The van der Waals surface area contributed by atoms with Gasteiger partial charge in [-0.2, -0.15) is 10.4 Å². The van der Waals surface area contributed by atoms with E-state index in [0.717, 1.165) is 11.4 Å². The monoisotopic (exact) mass is 317 g/mol. The van der Waals surface area contributed by atoms with Gasteiger partial charge in [-0.15, -0.1) is 0 Å². The zero-order valence-electron chi connectivity index (χ0n) is 13.1. The molecule has 0 atom stereocenters. The quantitative estimate of drug-likeness (QED) is 0.731. The van der Waals surface area contributed by atoms with Crippen LogP contribution in [0.4, 0.5) is 5.69 Å². The van der Waals surface area contributed by atoms with Crippen LogP contribution in [0.5, 0.6) is 0 Å². The van der Waals surface area contributed by atoms with E-state index in [1.165, 1.54) is 6.92 Å². The van der Waals surface area contributed by atoms with Gasteiger partial charge in [-0.25, -0.2) is 9.67 Å². The van der Waals surface area contributed by atoms with Gasteiger partial charge in [-0.05, 0) is 48.9 Å². The maximum absolute atomic E-state index is 11.7. The molecule has 0 saturated heterocycles. The third kappa shape index (κ3) is 3.31. The zero-order chi connectivity index (χ0) is 16.9. The Labute approximate surface area is 139 Å². The first-order valence-electron chi connectivity index (χ1n) is 7.41. The van der Waals surface area contributed by atoms with E-state index in [9.17, 15) is 4.79 Å². The molecule has 24 heavy (non-hydrogen) atoms. The first kappa shape index (κ1) is 15.4. The topological polar surface area (TPSA) is 83.6 Å². The summed E-state index contributed by atoms with van der Waals surface area (Å²) < 4.78 is 1.68. The van der Waals surface area contributed by atoms with Gasteiger partial charge in [0, 0.05) is 36.4 Å². The van der Waals surface area contributed by atoms with Crippen molar-refractivity contribution in [3.63, 3.8) is 0 Å². The van der Waals surface area contributed by atoms with Gasteiger partial charge in [0.25, 0.3) is 0 Å². The van der Waals surface area contributed by atoms with Crippen molar-refractivity contribution >= 4 is 11.5 Å². The maximum Gasteiger partial charge on any atom is 0.161 e. The molecule has 1 N–H and O–H groups in total. The van der Waals surface area contributed by atoms with Crippen molar-refractivity contribution in [2.75, 3.05) is 5.32 Å². The summed E-state index contributed by atoms with van der Waals surface area (Å²) in [4.78, 5) is 16.0. The lowest BCUT2D eigenvalue weighted by molar-refractivity contribution is 0.101. The van der Waals surface area contributed by atoms with E-state index < -0.39 is 0 Å². The molecule has 0 aliphatic rings. The minimum Gasteiger partial charge on any atom is -0.380 e. The van der Waals surface area contributed by atoms with Crippen LogP contribution in [0, 0.1) is 11.3 Å². The Morgan fingerprint density at radius 1 is 1.29 bits per heavy atom. The van der Waals surface area contributed by atoms with Gasteiger partial charge >= 0.3 is 0 Å². The number of Topliss-reactive ketones (excluding diaryl/α,β-unsaturated/α-hetero) is 1. The number of rotatable bonds is 5. The van der Waals surface area contributed by atoms with Gasteiger partial charge in [0.1, 0.15) is 0 Å². The Bertz CT molecular complexity index is 909. The van der Waals surface area contributed by atoms with E-state index >= 15 is 0 Å². The molecule has 1 aromatic carbocycles. The molecule has 0 spiro atoms. The standard InChI is InChI=1S/C18H15N5O/c1-13(24)16-4-3-14(11-19)9-17(16)21-12-15-5-7-20-18(10-15)23-8-2-6-22-23/h2-10,21H,12H2,1H3. The zero-order valence-corrected chi connectivity index (χ0v) is 13.1. The number of carbonyl (C=O) groups is 1. The number of aromatic nitrogens is 3. The number of anilines is 1. The molecule has 3 aromatic rings. The van der Waals surface area contributed by atoms with Crippen LogP contribution in [0.2, 0.25) is 0 Å². The van der Waals surface area contributed by atoms with E-state index in [2.05, 4.69) is 21.5 Å². The fourth-order valence-electron chi connectivity index (χ4n) is 2.36. The molecular weight excluding hydrogens is 302 g/mol. The number of nitrogens with zero attached hydrogens (tertiary/aromatic N) is 4. The number of pyridine rings is 1. The number of benzene rings is 1. The molecule has 0 amide bonds. The van der Waals surface area contributed by atoms with Gasteiger partial charge in [-0.3, -0.25) is 4.79 Å². The average molecular weight is 317 g/mol. The second-order valence-corrected chi connectivity index (χ2v) is 5.25. The molecule has 6 nitrogen and oxygen atoms in total. The summed E-state index contributed by atoms with van der Waals surface area (Å²) in [7, 11) is 0. The minimum atomic E-state index is -0.0473. The lowest BCUT2D eigenvalue weighted by Crippen LogP contribution is -2.06. The number of carbonyl (C=O) groups excluding carboxylic acids is 1. The molecular formula is C18H15N5O. The molecule has 0 fully saturated rings. The lowest BCUT2D eigenvalue weighted by atomic mass is 10.1. The molecule has 2 aromatic heterocycles. The minimum absolute atomic E-state index is 0.0473. The highest BCUT2D eigenvalue weighted by Gasteiger charge is 2.08. The number of nitrogens with one attached hydrogen (secondary N) is 1. The van der Waals surface area contributed by atoms with Crippen LogP contribution >= 0.6 is 0 Å². The summed E-state index contributed by atoms with van der Waals surface area (Å²) in [5.41, 5.74) is 2.72. The van der Waals surface area contributed by atoms with Gasteiger partial charge in [-0.1, -0.05) is 0 Å². The molecule has 0 aliphatic heterocycles. The van der Waals surface area contributed by atoms with Crippen LogP contribution in [0.1, 0.15) is 28.4 Å². The van der Waals surface area contributed by atoms with Crippen molar-refractivity contribution in [1.29, 1.82) is 5.26 Å². The van der Waals surface area contributed by atoms with Crippen molar-refractivity contribution < 1.29 is 4.79 Å². The molecule has 0 unspecified atom stereocenters. The largest absolute Gasteiger partial charge is 0.380 e. The number of hydrogen-bond acceptors (Lipinski definition) is 5. The highest BCUT2D eigenvalue weighted by Crippen LogP contribution is 2.19. The van der Waals surface area contributed by atoms with Crippen molar-refractivity contribution in [3.05, 3.63) is 71.7 Å². The third-order valence-corrected chi connectivity index (χ3v) is 3.56. The predicted molar refractivity (Wildman–Crippen MR) is 89.8 cm³/mol. The van der Waals surface area contributed by atoms with Crippen LogP contribution in [-0.4, -0.2) is 20.5 Å². The molecule has 118 valence electrons. The Hall–Kier alpha value is -3.46. The first-order chi connectivity index (χ1) is 11.7. The van der Waals surface area contributed by atoms with E-state index in [1.54, 1.807) is 35.3 Å². The molecule has 0 bridgehead atoms. The fraction of sp³-hybridized carbons (Fsp3) is 0.111. The normalized spacial score (nSPS) is 10.2. The molecule has 0 saturated carbocycles.